The van der Waals surface area contributed by atoms with Crippen molar-refractivity contribution in [1.29, 1.82) is 0 Å². The van der Waals surface area contributed by atoms with Gasteiger partial charge in [0.15, 0.2) is 0 Å². The Balaban J connectivity index is 0.000000142. The van der Waals surface area contributed by atoms with E-state index in [0.29, 0.717) is 24.2 Å². The van der Waals surface area contributed by atoms with Crippen LogP contribution >= 0.6 is 0 Å². The first-order valence-electron chi connectivity index (χ1n) is 34.4. The van der Waals surface area contributed by atoms with Crippen LogP contribution in [0.2, 0.25) is 0 Å². The molecule has 6 aliphatic rings. The zero-order chi connectivity index (χ0) is 75.2. The van der Waals surface area contributed by atoms with Gasteiger partial charge in [-0.1, -0.05) is 238 Å². The highest BCUT2D eigenvalue weighted by Crippen LogP contribution is 2.30. The summed E-state index contributed by atoms with van der Waals surface area (Å²) in [6.07, 6.45) is 6.33. The Labute approximate surface area is 610 Å². The predicted octanol–water partition coefficient (Wildman–Crippen LogP) is 9.19. The molecule has 1 aliphatic carbocycles. The molecule has 5 heterocycles. The SMILES string of the molecule is CN1C(=O)C(Cc2ccccc2)C(=O)N(c2ccccc2)C1=O.O=C1NC(=O)C(Cc2ccccc2)C(=O)N1.O=C1NC(=O)N(C2CCCCC2)C(=O)C1Cc1ccccc1.O=C1NC(=O)N(Cc2ccccc2)C(=O)C1Cc1ccccc1.O=C1NC(=O)N(c2ccccc2)C(=O)C1Cc1ccccc1. The van der Waals surface area contributed by atoms with E-state index in [2.05, 4.69) is 26.6 Å². The van der Waals surface area contributed by atoms with Crippen molar-refractivity contribution in [2.45, 2.75) is 76.8 Å². The van der Waals surface area contributed by atoms with Gasteiger partial charge < -0.3 is 0 Å². The minimum absolute atomic E-state index is 0.0624. The molecule has 25 nitrogen and oxygen atoms in total. The predicted molar refractivity (Wildman–Crippen MR) is 387 cm³/mol. The van der Waals surface area contributed by atoms with Gasteiger partial charge in [-0.2, -0.15) is 0 Å². The number of rotatable bonds is 15. The average Bonchev–Trinajstić information content (AvgIpc) is 0.787. The lowest BCUT2D eigenvalue weighted by molar-refractivity contribution is -0.145. The zero-order valence-electron chi connectivity index (χ0n) is 57.7. The van der Waals surface area contributed by atoms with Crippen molar-refractivity contribution < 1.29 is 71.9 Å². The van der Waals surface area contributed by atoms with Crippen LogP contribution in [0, 0.1) is 29.6 Å². The summed E-state index contributed by atoms with van der Waals surface area (Å²) in [5, 5.41) is 11.0. The molecule has 25 heteroatoms. The Morgan fingerprint density at radius 2 is 0.604 bits per heavy atom. The third kappa shape index (κ3) is 19.3. The van der Waals surface area contributed by atoms with Crippen molar-refractivity contribution in [3.63, 3.8) is 0 Å². The van der Waals surface area contributed by atoms with E-state index in [1.165, 1.54) is 11.9 Å². The summed E-state index contributed by atoms with van der Waals surface area (Å²) in [5.74, 6) is -9.19. The number of para-hydroxylation sites is 2. The van der Waals surface area contributed by atoms with E-state index in [4.69, 9.17) is 0 Å². The van der Waals surface area contributed by atoms with Crippen molar-refractivity contribution >= 4 is 101 Å². The Hall–Kier alpha value is -13.2. The standard InChI is InChI=1S/2C18H16N2O3.C17H20N2O3.C17H14N2O3.C11H10N2O3/c1-19-16(21)15(12-13-8-4-2-5-9-13)17(22)20(18(19)23)14-10-6-3-7-11-14;21-16-15(11-13-7-3-1-4-8-13)17(22)20(18(23)19-16)12-14-9-5-2-6-10-14;2*20-15-14(11-12-7-3-1-4-8-12)16(21)19(17(22)18-15)13-9-5-2-6-10-13;14-9-8(10(15)13-11(16)12-9)6-7-4-2-1-3-5-7/h2-11,15H,12H2,1H3;1-10,15H,11-12H2,(H,19,21,23);1,3-4,7-8,13-14H,2,5-6,9-11H2,(H,18,20,22);1-10,14H,11H2,(H,18,20,22);1-5,8H,6H2,(H2,12,13,14,15,16). The van der Waals surface area contributed by atoms with Crippen LogP contribution in [-0.4, -0.2) is 117 Å². The number of urea groups is 5. The first-order chi connectivity index (χ1) is 51.2. The topological polar surface area (TPSA) is 332 Å². The maximum Gasteiger partial charge on any atom is 0.337 e. The van der Waals surface area contributed by atoms with E-state index < -0.39 is 113 Å². The van der Waals surface area contributed by atoms with E-state index in [-0.39, 0.29) is 37.8 Å². The van der Waals surface area contributed by atoms with E-state index in [1.807, 2.05) is 182 Å². The minimum Gasteiger partial charge on any atom is -0.277 e. The molecule has 1 saturated carbocycles. The molecule has 5 saturated heterocycles. The summed E-state index contributed by atoms with van der Waals surface area (Å²) in [7, 11) is 1.41. The van der Waals surface area contributed by atoms with Crippen molar-refractivity contribution in [2.75, 3.05) is 16.8 Å². The number of carbonyl (C=O) groups excluding carboxylic acids is 15. The van der Waals surface area contributed by atoms with Crippen LogP contribution in [0.5, 0.6) is 0 Å². The fraction of sp³-hybridized carbons (Fsp3) is 0.222. The Morgan fingerprint density at radius 1 is 0.292 bits per heavy atom. The molecule has 8 aromatic rings. The molecule has 5 aliphatic heterocycles. The first kappa shape index (κ1) is 75.5. The molecule has 14 rings (SSSR count). The van der Waals surface area contributed by atoms with Gasteiger partial charge in [0.1, 0.15) is 29.6 Å². The van der Waals surface area contributed by atoms with Gasteiger partial charge in [-0.15, -0.1) is 0 Å². The Morgan fingerprint density at radius 3 is 1.02 bits per heavy atom. The highest BCUT2D eigenvalue weighted by molar-refractivity contribution is 6.29. The first-order valence-corrected chi connectivity index (χ1v) is 34.4. The van der Waals surface area contributed by atoms with Crippen LogP contribution in [0.25, 0.3) is 0 Å². The molecule has 0 radical (unpaired) electrons. The van der Waals surface area contributed by atoms with Crippen LogP contribution in [0.4, 0.5) is 35.3 Å². The van der Waals surface area contributed by atoms with Gasteiger partial charge in [0.05, 0.1) is 17.9 Å². The number of amides is 20. The highest BCUT2D eigenvalue weighted by Gasteiger charge is 2.47. The Kier molecular flexibility index (Phi) is 25.7. The van der Waals surface area contributed by atoms with Crippen molar-refractivity contribution in [2.24, 2.45) is 29.6 Å². The van der Waals surface area contributed by atoms with Gasteiger partial charge in [0.25, 0.3) is 0 Å². The van der Waals surface area contributed by atoms with Crippen molar-refractivity contribution in [3.8, 4) is 0 Å². The van der Waals surface area contributed by atoms with Gasteiger partial charge >= 0.3 is 30.2 Å². The smallest absolute Gasteiger partial charge is 0.277 e. The summed E-state index contributed by atoms with van der Waals surface area (Å²) in [5.41, 5.74) is 6.21. The molecule has 4 atom stereocenters. The number of benzene rings is 8. The second kappa shape index (κ2) is 36.1. The second-order valence-corrected chi connectivity index (χ2v) is 25.5. The van der Waals surface area contributed by atoms with Crippen LogP contribution in [0.1, 0.15) is 65.5 Å². The third-order valence-electron chi connectivity index (χ3n) is 18.2. The monoisotopic (exact) mass is 1430 g/mol. The highest BCUT2D eigenvalue weighted by atomic mass is 16.2. The third-order valence-corrected chi connectivity index (χ3v) is 18.2. The summed E-state index contributed by atoms with van der Waals surface area (Å²) < 4.78 is 0. The zero-order valence-corrected chi connectivity index (χ0v) is 57.7. The van der Waals surface area contributed by atoms with E-state index in [0.717, 1.165) is 85.1 Å². The average molecular weight is 1430 g/mol. The lowest BCUT2D eigenvalue weighted by atomic mass is 9.90. The molecule has 6 fully saturated rings. The molecule has 5 N–H and O–H groups in total. The normalized spacial score (nSPS) is 19.1. The van der Waals surface area contributed by atoms with E-state index >= 15 is 0 Å². The van der Waals surface area contributed by atoms with Crippen molar-refractivity contribution in [3.05, 3.63) is 276 Å². The lowest BCUT2D eigenvalue weighted by Gasteiger charge is -2.37. The fourth-order valence-corrected chi connectivity index (χ4v) is 12.7. The largest absolute Gasteiger partial charge is 0.337 e. The number of carbonyl (C=O) groups is 15. The molecule has 106 heavy (non-hydrogen) atoms. The number of hydrogen-bond donors (Lipinski definition) is 5. The van der Waals surface area contributed by atoms with Crippen LogP contribution < -0.4 is 36.4 Å². The van der Waals surface area contributed by atoms with Gasteiger partial charge in [-0.3, -0.25) is 89.2 Å². The van der Waals surface area contributed by atoms with Crippen LogP contribution in [-0.2, 0) is 86.6 Å². The van der Waals surface area contributed by atoms with Crippen LogP contribution in [0.3, 0.4) is 0 Å². The van der Waals surface area contributed by atoms with Gasteiger partial charge in [-0.05, 0) is 103 Å². The summed E-state index contributed by atoms with van der Waals surface area (Å²) in [6.45, 7) is 0.157. The van der Waals surface area contributed by atoms with Crippen molar-refractivity contribution in [1.82, 2.24) is 41.3 Å². The number of imide groups is 10. The molecule has 540 valence electrons. The van der Waals surface area contributed by atoms with Gasteiger partial charge in [0.2, 0.25) is 59.1 Å². The molecule has 0 bridgehead atoms. The number of barbiturate groups is 5. The van der Waals surface area contributed by atoms with Gasteiger partial charge in [0, 0.05) is 13.1 Å². The minimum atomic E-state index is -0.902. The fourth-order valence-electron chi connectivity index (χ4n) is 12.7. The summed E-state index contributed by atoms with van der Waals surface area (Å²) in [4.78, 5) is 187. The molecular formula is C81H76N10O15. The lowest BCUT2D eigenvalue weighted by Crippen LogP contribution is -2.61. The number of anilines is 2. The van der Waals surface area contributed by atoms with Crippen LogP contribution in [0.15, 0.2) is 243 Å². The molecule has 20 amide bonds. The second-order valence-electron chi connectivity index (χ2n) is 25.5. The summed E-state index contributed by atoms with van der Waals surface area (Å²) >= 11 is 0. The molecular weight excluding hydrogens is 1350 g/mol. The number of nitrogens with one attached hydrogen (secondary N) is 5. The maximum atomic E-state index is 12.8. The summed E-state index contributed by atoms with van der Waals surface area (Å²) in [6, 6.07) is 69.6. The quantitative estimate of drug-likeness (QED) is 0.0597. The number of hydrogen-bond acceptors (Lipinski definition) is 15. The Bertz CT molecular complexity index is 4460. The van der Waals surface area contributed by atoms with E-state index in [9.17, 15) is 71.9 Å². The molecule has 0 spiro atoms. The molecule has 8 aromatic carbocycles. The van der Waals surface area contributed by atoms with E-state index in [1.54, 1.807) is 60.7 Å². The van der Waals surface area contributed by atoms with Gasteiger partial charge in [-0.25, -0.2) is 33.8 Å². The number of nitrogens with zero attached hydrogens (tertiary/aromatic N) is 5. The maximum absolute atomic E-state index is 12.8. The molecule has 4 unspecified atom stereocenters. The molecule has 0 aromatic heterocycles.